The normalized spacial score (nSPS) is 11.3. The molecule has 1 heterocycles. The maximum atomic E-state index is 12.0. The zero-order chi connectivity index (χ0) is 22.9. The molecule has 0 aliphatic rings. The molecular formula is C24H27N3O5. The van der Waals surface area contributed by atoms with Crippen molar-refractivity contribution in [2.24, 2.45) is 12.2 Å². The number of aliphatic carboxylic acids is 1. The summed E-state index contributed by atoms with van der Waals surface area (Å²) in [4.78, 5) is 17.3. The van der Waals surface area contributed by atoms with E-state index in [1.807, 2.05) is 42.5 Å². The van der Waals surface area contributed by atoms with Crippen LogP contribution in [0.5, 0.6) is 17.4 Å². The summed E-state index contributed by atoms with van der Waals surface area (Å²) in [5.41, 5.74) is 1.30. The standard InChI is InChI=1S/C24H27N3O5/c1-4-5-15-30-19-13-11-18(12-14-19)16-31-26-22(24(28)29)21-17(2)25-27(3)23(21)32-20-9-7-6-8-10-20/h6-14H,4-5,15-16H2,1-3H3,(H,28,29). The molecule has 0 saturated heterocycles. The minimum Gasteiger partial charge on any atom is -0.494 e. The minimum absolute atomic E-state index is 0.111. The van der Waals surface area contributed by atoms with Crippen LogP contribution in [0.15, 0.2) is 59.8 Å². The van der Waals surface area contributed by atoms with E-state index in [-0.39, 0.29) is 23.8 Å². The van der Waals surface area contributed by atoms with E-state index in [2.05, 4.69) is 17.2 Å². The number of carbonyl (C=O) groups is 1. The number of aromatic nitrogens is 2. The van der Waals surface area contributed by atoms with Crippen molar-refractivity contribution >= 4 is 11.7 Å². The number of rotatable bonds is 11. The van der Waals surface area contributed by atoms with Gasteiger partial charge in [-0.25, -0.2) is 9.48 Å². The Bertz CT molecular complexity index is 1060. The number of ether oxygens (including phenoxy) is 2. The van der Waals surface area contributed by atoms with E-state index in [0.717, 1.165) is 24.2 Å². The van der Waals surface area contributed by atoms with E-state index in [9.17, 15) is 9.90 Å². The summed E-state index contributed by atoms with van der Waals surface area (Å²) in [5.74, 6) is 0.375. The van der Waals surface area contributed by atoms with Gasteiger partial charge in [-0.05, 0) is 43.2 Å². The van der Waals surface area contributed by atoms with Gasteiger partial charge >= 0.3 is 5.97 Å². The van der Waals surface area contributed by atoms with Crippen molar-refractivity contribution in [2.45, 2.75) is 33.3 Å². The Hall–Kier alpha value is -3.81. The summed E-state index contributed by atoms with van der Waals surface area (Å²) in [6.45, 7) is 4.60. The maximum Gasteiger partial charge on any atom is 0.358 e. The van der Waals surface area contributed by atoms with Crippen molar-refractivity contribution in [2.75, 3.05) is 6.61 Å². The fraction of sp³-hybridized carbons (Fsp3) is 0.292. The van der Waals surface area contributed by atoms with Crippen molar-refractivity contribution in [3.63, 3.8) is 0 Å². The summed E-state index contributed by atoms with van der Waals surface area (Å²) in [5, 5.41) is 18.0. The summed E-state index contributed by atoms with van der Waals surface area (Å²) in [6, 6.07) is 16.5. The highest BCUT2D eigenvalue weighted by Crippen LogP contribution is 2.28. The Morgan fingerprint density at radius 3 is 2.47 bits per heavy atom. The minimum atomic E-state index is -1.24. The Morgan fingerprint density at radius 1 is 1.09 bits per heavy atom. The van der Waals surface area contributed by atoms with Crippen LogP contribution in [0, 0.1) is 6.92 Å². The molecule has 0 amide bonds. The van der Waals surface area contributed by atoms with Gasteiger partial charge in [0.25, 0.3) is 0 Å². The molecule has 0 bridgehead atoms. The van der Waals surface area contributed by atoms with E-state index in [0.29, 0.717) is 18.1 Å². The fourth-order valence-electron chi connectivity index (χ4n) is 3.01. The second-order valence-electron chi connectivity index (χ2n) is 7.17. The number of hydrogen-bond acceptors (Lipinski definition) is 6. The number of para-hydroxylation sites is 1. The van der Waals surface area contributed by atoms with Crippen molar-refractivity contribution in [3.8, 4) is 17.4 Å². The zero-order valence-corrected chi connectivity index (χ0v) is 18.4. The van der Waals surface area contributed by atoms with E-state index in [4.69, 9.17) is 14.3 Å². The van der Waals surface area contributed by atoms with Crippen LogP contribution in [0.4, 0.5) is 0 Å². The molecule has 32 heavy (non-hydrogen) atoms. The van der Waals surface area contributed by atoms with Gasteiger partial charge in [-0.1, -0.05) is 48.8 Å². The third-order valence-corrected chi connectivity index (χ3v) is 4.64. The van der Waals surface area contributed by atoms with Gasteiger partial charge in [-0.3, -0.25) is 0 Å². The second kappa shape index (κ2) is 11.0. The molecule has 3 rings (SSSR count). The Labute approximate surface area is 187 Å². The van der Waals surface area contributed by atoms with Crippen LogP contribution in [0.2, 0.25) is 0 Å². The Balaban J connectivity index is 1.75. The first kappa shape index (κ1) is 22.9. The fourth-order valence-corrected chi connectivity index (χ4v) is 3.01. The van der Waals surface area contributed by atoms with Crippen molar-refractivity contribution in [1.29, 1.82) is 0 Å². The smallest absolute Gasteiger partial charge is 0.358 e. The number of carboxylic acids is 1. The zero-order valence-electron chi connectivity index (χ0n) is 18.4. The maximum absolute atomic E-state index is 12.0. The van der Waals surface area contributed by atoms with Crippen LogP contribution in [0.25, 0.3) is 0 Å². The van der Waals surface area contributed by atoms with Gasteiger partial charge < -0.3 is 19.4 Å². The van der Waals surface area contributed by atoms with Gasteiger partial charge in [0.2, 0.25) is 11.6 Å². The van der Waals surface area contributed by atoms with Crippen LogP contribution in [0.3, 0.4) is 0 Å². The molecule has 0 aliphatic carbocycles. The largest absolute Gasteiger partial charge is 0.494 e. The second-order valence-corrected chi connectivity index (χ2v) is 7.17. The van der Waals surface area contributed by atoms with Gasteiger partial charge in [-0.2, -0.15) is 5.10 Å². The molecule has 0 saturated carbocycles. The van der Waals surface area contributed by atoms with E-state index >= 15 is 0 Å². The third kappa shape index (κ3) is 5.87. The molecule has 8 heteroatoms. The van der Waals surface area contributed by atoms with Crippen LogP contribution >= 0.6 is 0 Å². The van der Waals surface area contributed by atoms with Crippen LogP contribution in [0.1, 0.15) is 36.6 Å². The SMILES string of the molecule is CCCCOc1ccc(CON=C(C(=O)O)c2c(C)nn(C)c2Oc2ccccc2)cc1. The average Bonchev–Trinajstić information content (AvgIpc) is 3.05. The number of nitrogens with zero attached hydrogens (tertiary/aromatic N) is 3. The summed E-state index contributed by atoms with van der Waals surface area (Å²) in [7, 11) is 1.68. The van der Waals surface area contributed by atoms with E-state index in [1.165, 1.54) is 4.68 Å². The summed E-state index contributed by atoms with van der Waals surface area (Å²) < 4.78 is 13.0. The Kier molecular flexibility index (Phi) is 7.85. The molecule has 2 aromatic carbocycles. The van der Waals surface area contributed by atoms with E-state index < -0.39 is 5.97 Å². The van der Waals surface area contributed by atoms with Gasteiger partial charge in [0, 0.05) is 7.05 Å². The van der Waals surface area contributed by atoms with Gasteiger partial charge in [-0.15, -0.1) is 0 Å². The first-order chi connectivity index (χ1) is 15.5. The monoisotopic (exact) mass is 437 g/mol. The first-order valence-electron chi connectivity index (χ1n) is 10.4. The highest BCUT2D eigenvalue weighted by atomic mass is 16.6. The molecule has 1 aromatic heterocycles. The lowest BCUT2D eigenvalue weighted by Gasteiger charge is -2.09. The first-order valence-corrected chi connectivity index (χ1v) is 10.4. The van der Waals surface area contributed by atoms with Gasteiger partial charge in [0.05, 0.1) is 17.9 Å². The average molecular weight is 437 g/mol. The molecule has 3 aromatic rings. The number of unbranched alkanes of at least 4 members (excludes halogenated alkanes) is 1. The van der Waals surface area contributed by atoms with E-state index in [1.54, 1.807) is 26.1 Å². The molecule has 0 unspecified atom stereocenters. The van der Waals surface area contributed by atoms with Crippen molar-refractivity contribution < 1.29 is 24.2 Å². The molecular weight excluding hydrogens is 410 g/mol. The van der Waals surface area contributed by atoms with Crippen LogP contribution in [-0.4, -0.2) is 33.2 Å². The molecule has 168 valence electrons. The molecule has 8 nitrogen and oxygen atoms in total. The van der Waals surface area contributed by atoms with Gasteiger partial charge in [0.15, 0.2) is 0 Å². The molecule has 1 N–H and O–H groups in total. The lowest BCUT2D eigenvalue weighted by atomic mass is 10.1. The topological polar surface area (TPSA) is 95.2 Å². The predicted octanol–water partition coefficient (Wildman–Crippen LogP) is 4.71. The molecule has 0 radical (unpaired) electrons. The third-order valence-electron chi connectivity index (χ3n) is 4.64. The van der Waals surface area contributed by atoms with Crippen LogP contribution < -0.4 is 9.47 Å². The number of hydrogen-bond donors (Lipinski definition) is 1. The number of aryl methyl sites for hydroxylation is 2. The molecule has 0 fully saturated rings. The lowest BCUT2D eigenvalue weighted by molar-refractivity contribution is -0.129. The highest BCUT2D eigenvalue weighted by Gasteiger charge is 2.26. The summed E-state index contributed by atoms with van der Waals surface area (Å²) in [6.07, 6.45) is 2.08. The molecule has 0 atom stereocenters. The lowest BCUT2D eigenvalue weighted by Crippen LogP contribution is -2.17. The van der Waals surface area contributed by atoms with Gasteiger partial charge in [0.1, 0.15) is 18.1 Å². The number of benzene rings is 2. The highest BCUT2D eigenvalue weighted by molar-refractivity contribution is 6.43. The number of carboxylic acid groups (broad SMARTS) is 1. The Morgan fingerprint density at radius 2 is 1.81 bits per heavy atom. The predicted molar refractivity (Wildman–Crippen MR) is 120 cm³/mol. The number of oxime groups is 1. The molecule has 0 aliphatic heterocycles. The quantitative estimate of drug-likeness (QED) is 0.265. The van der Waals surface area contributed by atoms with Crippen LogP contribution in [-0.2, 0) is 23.3 Å². The van der Waals surface area contributed by atoms with Crippen molar-refractivity contribution in [3.05, 3.63) is 71.4 Å². The molecule has 0 spiro atoms. The summed E-state index contributed by atoms with van der Waals surface area (Å²) >= 11 is 0. The van der Waals surface area contributed by atoms with Crippen molar-refractivity contribution in [1.82, 2.24) is 9.78 Å².